The molecule has 0 aliphatic rings. The second kappa shape index (κ2) is 4.94. The van der Waals surface area contributed by atoms with Crippen molar-refractivity contribution in [2.75, 3.05) is 6.54 Å². The number of hydrogen-bond acceptors (Lipinski definition) is 4. The van der Waals surface area contributed by atoms with Crippen LogP contribution in [0.5, 0.6) is 0 Å². The molecule has 1 amide bonds. The molecule has 13 heavy (non-hydrogen) atoms. The van der Waals surface area contributed by atoms with Crippen molar-refractivity contribution in [1.82, 2.24) is 10.3 Å². The molecule has 0 spiro atoms. The lowest BCUT2D eigenvalue weighted by Gasteiger charge is -1.98. The van der Waals surface area contributed by atoms with Crippen molar-refractivity contribution in [3.63, 3.8) is 0 Å². The molecule has 1 aromatic rings. The predicted molar refractivity (Wildman–Crippen MR) is 52.6 cm³/mol. The molecule has 0 bridgehead atoms. The van der Waals surface area contributed by atoms with Gasteiger partial charge in [-0.3, -0.25) is 4.79 Å². The molecule has 1 aromatic heterocycles. The van der Waals surface area contributed by atoms with Crippen LogP contribution in [0.2, 0.25) is 0 Å². The largest absolute Gasteiger partial charge is 0.351 e. The van der Waals surface area contributed by atoms with E-state index in [9.17, 15) is 4.79 Å². The Balaban J connectivity index is 2.55. The molecular weight excluding hydrogens is 186 g/mol. The Morgan fingerprint density at radius 3 is 3.08 bits per heavy atom. The zero-order chi connectivity index (χ0) is 9.68. The van der Waals surface area contributed by atoms with Gasteiger partial charge in [-0.25, -0.2) is 4.98 Å². The van der Waals surface area contributed by atoms with Crippen LogP contribution in [0.25, 0.3) is 0 Å². The summed E-state index contributed by atoms with van der Waals surface area (Å²) in [7, 11) is 0. The van der Waals surface area contributed by atoms with E-state index in [0.29, 0.717) is 18.8 Å². The van der Waals surface area contributed by atoms with E-state index in [1.54, 1.807) is 5.38 Å². The van der Waals surface area contributed by atoms with Gasteiger partial charge in [0.05, 0.1) is 0 Å². The minimum Gasteiger partial charge on any atom is -0.351 e. The number of thiazole rings is 1. The third-order valence-corrected chi connectivity index (χ3v) is 2.37. The third-order valence-electron chi connectivity index (χ3n) is 1.49. The summed E-state index contributed by atoms with van der Waals surface area (Å²) in [5, 5.41) is 5.27. The Hall–Kier alpha value is -0.940. The van der Waals surface area contributed by atoms with Crippen LogP contribution in [0.15, 0.2) is 5.38 Å². The quantitative estimate of drug-likeness (QED) is 0.751. The van der Waals surface area contributed by atoms with Crippen LogP contribution < -0.4 is 11.1 Å². The first kappa shape index (κ1) is 10.1. The number of nitrogens with zero attached hydrogens (tertiary/aromatic N) is 1. The minimum absolute atomic E-state index is 0.113. The zero-order valence-corrected chi connectivity index (χ0v) is 8.36. The highest BCUT2D eigenvalue weighted by Gasteiger charge is 2.08. The topological polar surface area (TPSA) is 68.0 Å². The molecule has 4 nitrogen and oxygen atoms in total. The van der Waals surface area contributed by atoms with E-state index < -0.39 is 0 Å². The smallest absolute Gasteiger partial charge is 0.270 e. The first-order valence-corrected chi connectivity index (χ1v) is 5.08. The molecule has 0 aliphatic carbocycles. The number of carbonyl (C=O) groups excluding carboxylic acids is 1. The van der Waals surface area contributed by atoms with Gasteiger partial charge < -0.3 is 11.1 Å². The van der Waals surface area contributed by atoms with Crippen molar-refractivity contribution in [2.24, 2.45) is 5.73 Å². The number of rotatable bonds is 4. The average molecular weight is 199 g/mol. The molecule has 72 valence electrons. The van der Waals surface area contributed by atoms with Crippen LogP contribution in [0, 0.1) is 0 Å². The highest BCUT2D eigenvalue weighted by Crippen LogP contribution is 2.08. The molecule has 0 saturated heterocycles. The average Bonchev–Trinajstić information content (AvgIpc) is 2.62. The predicted octanol–water partition coefficient (Wildman–Crippen LogP) is 0.742. The number of nitrogens with two attached hydrogens (primary N) is 1. The highest BCUT2D eigenvalue weighted by molar-refractivity contribution is 7.09. The fourth-order valence-corrected chi connectivity index (χ4v) is 1.49. The van der Waals surface area contributed by atoms with Gasteiger partial charge in [0.25, 0.3) is 5.91 Å². The van der Waals surface area contributed by atoms with Crippen LogP contribution in [-0.2, 0) is 6.54 Å². The SMILES string of the molecule is CCCNC(=O)c1csc(CN)n1. The molecule has 0 fully saturated rings. The van der Waals surface area contributed by atoms with Gasteiger partial charge in [0.1, 0.15) is 10.7 Å². The maximum Gasteiger partial charge on any atom is 0.270 e. The van der Waals surface area contributed by atoms with Crippen LogP contribution in [-0.4, -0.2) is 17.4 Å². The number of amides is 1. The van der Waals surface area contributed by atoms with Gasteiger partial charge >= 0.3 is 0 Å². The van der Waals surface area contributed by atoms with Crippen molar-refractivity contribution in [1.29, 1.82) is 0 Å². The van der Waals surface area contributed by atoms with E-state index in [1.165, 1.54) is 11.3 Å². The third kappa shape index (κ3) is 2.78. The van der Waals surface area contributed by atoms with Gasteiger partial charge in [-0.05, 0) is 6.42 Å². The zero-order valence-electron chi connectivity index (χ0n) is 7.54. The second-order valence-corrected chi connectivity index (χ2v) is 3.53. The van der Waals surface area contributed by atoms with Gasteiger partial charge in [-0.2, -0.15) is 0 Å². The lowest BCUT2D eigenvalue weighted by molar-refractivity contribution is 0.0949. The summed E-state index contributed by atoms with van der Waals surface area (Å²) in [6.07, 6.45) is 0.930. The minimum atomic E-state index is -0.113. The monoisotopic (exact) mass is 199 g/mol. The van der Waals surface area contributed by atoms with E-state index in [1.807, 2.05) is 6.92 Å². The maximum absolute atomic E-state index is 11.3. The van der Waals surface area contributed by atoms with Crippen LogP contribution in [0.4, 0.5) is 0 Å². The first-order valence-electron chi connectivity index (χ1n) is 4.20. The van der Waals surface area contributed by atoms with Crippen molar-refractivity contribution in [3.05, 3.63) is 16.1 Å². The summed E-state index contributed by atoms with van der Waals surface area (Å²) >= 11 is 1.41. The fourth-order valence-electron chi connectivity index (χ4n) is 0.838. The van der Waals surface area contributed by atoms with Crippen molar-refractivity contribution >= 4 is 17.2 Å². The van der Waals surface area contributed by atoms with E-state index in [4.69, 9.17) is 5.73 Å². The molecule has 0 aliphatic heterocycles. The standard InChI is InChI=1S/C8H13N3OS/c1-2-3-10-8(12)6-5-13-7(4-9)11-6/h5H,2-4,9H2,1H3,(H,10,12). The normalized spacial score (nSPS) is 10.0. The van der Waals surface area contributed by atoms with Gasteiger partial charge in [-0.1, -0.05) is 6.92 Å². The summed E-state index contributed by atoms with van der Waals surface area (Å²) < 4.78 is 0. The van der Waals surface area contributed by atoms with Gasteiger partial charge in [0.2, 0.25) is 0 Å². The number of nitrogens with one attached hydrogen (secondary N) is 1. The maximum atomic E-state index is 11.3. The number of carbonyl (C=O) groups is 1. The molecule has 0 unspecified atom stereocenters. The van der Waals surface area contributed by atoms with Crippen molar-refractivity contribution < 1.29 is 4.79 Å². The van der Waals surface area contributed by atoms with E-state index in [-0.39, 0.29) is 5.91 Å². The fraction of sp³-hybridized carbons (Fsp3) is 0.500. The van der Waals surface area contributed by atoms with Gasteiger partial charge in [-0.15, -0.1) is 11.3 Å². The summed E-state index contributed by atoms with van der Waals surface area (Å²) in [5.74, 6) is -0.113. The molecule has 0 saturated carbocycles. The molecular formula is C8H13N3OS. The summed E-state index contributed by atoms with van der Waals surface area (Å²) in [6, 6.07) is 0. The van der Waals surface area contributed by atoms with E-state index >= 15 is 0 Å². The molecule has 1 rings (SSSR count). The summed E-state index contributed by atoms with van der Waals surface area (Å²) in [5.41, 5.74) is 5.85. The lowest BCUT2D eigenvalue weighted by Crippen LogP contribution is -2.24. The van der Waals surface area contributed by atoms with Gasteiger partial charge in [0.15, 0.2) is 0 Å². The number of hydrogen-bond donors (Lipinski definition) is 2. The Morgan fingerprint density at radius 2 is 2.54 bits per heavy atom. The van der Waals surface area contributed by atoms with E-state index in [0.717, 1.165) is 11.4 Å². The molecule has 1 heterocycles. The Kier molecular flexibility index (Phi) is 3.85. The Morgan fingerprint density at radius 1 is 1.77 bits per heavy atom. The van der Waals surface area contributed by atoms with E-state index in [2.05, 4.69) is 10.3 Å². The van der Waals surface area contributed by atoms with Crippen LogP contribution >= 0.6 is 11.3 Å². The second-order valence-electron chi connectivity index (χ2n) is 2.59. The lowest BCUT2D eigenvalue weighted by atomic mass is 10.4. The van der Waals surface area contributed by atoms with Crippen molar-refractivity contribution in [3.8, 4) is 0 Å². The molecule has 0 aromatic carbocycles. The van der Waals surface area contributed by atoms with Crippen molar-refractivity contribution in [2.45, 2.75) is 19.9 Å². The van der Waals surface area contributed by atoms with Crippen LogP contribution in [0.3, 0.4) is 0 Å². The highest BCUT2D eigenvalue weighted by atomic mass is 32.1. The first-order chi connectivity index (χ1) is 6.27. The van der Waals surface area contributed by atoms with Gasteiger partial charge in [0, 0.05) is 18.5 Å². The Bertz CT molecular complexity index is 285. The molecule has 3 N–H and O–H groups in total. The molecule has 0 atom stereocenters. The molecule has 0 radical (unpaired) electrons. The molecule has 5 heteroatoms. The summed E-state index contributed by atoms with van der Waals surface area (Å²) in [4.78, 5) is 15.4. The van der Waals surface area contributed by atoms with Crippen LogP contribution in [0.1, 0.15) is 28.8 Å². The number of aromatic nitrogens is 1. The Labute approximate surface area is 81.2 Å². The summed E-state index contributed by atoms with van der Waals surface area (Å²) in [6.45, 7) is 3.09.